The third kappa shape index (κ3) is 2.74. The molecule has 1 aromatic heterocycles. The molecule has 2 aliphatic rings. The summed E-state index contributed by atoms with van der Waals surface area (Å²) in [5.74, 6) is 0. The van der Waals surface area contributed by atoms with Crippen molar-refractivity contribution in [1.82, 2.24) is 0 Å². The normalized spacial score (nSPS) is 27.9. The van der Waals surface area contributed by atoms with Crippen LogP contribution in [0.1, 0.15) is 44.2 Å². The molecule has 2 aliphatic heterocycles. The molecule has 0 aromatic carbocycles. The standard InChI is InChI=1S/C14H18BIO2S2/c1-13(2)14(3,4)18-15(17-13)11-7-5-9(19-11)10-6-8-12(16)20-10/h5,7-8,10H,6H2,1-4H3. The van der Waals surface area contributed by atoms with Gasteiger partial charge in [0.05, 0.1) is 11.2 Å². The zero-order chi connectivity index (χ0) is 14.5. The highest BCUT2D eigenvalue weighted by Crippen LogP contribution is 2.47. The summed E-state index contributed by atoms with van der Waals surface area (Å²) in [4.78, 5) is 1.42. The van der Waals surface area contributed by atoms with Crippen LogP contribution in [0, 0.1) is 0 Å². The zero-order valence-corrected chi connectivity index (χ0v) is 15.9. The molecule has 0 saturated carbocycles. The Morgan fingerprint density at radius 2 is 1.85 bits per heavy atom. The van der Waals surface area contributed by atoms with Gasteiger partial charge in [0.2, 0.25) is 0 Å². The van der Waals surface area contributed by atoms with Crippen molar-refractivity contribution >= 4 is 57.6 Å². The predicted octanol–water partition coefficient (Wildman–Crippen LogP) is 4.50. The number of hydrogen-bond acceptors (Lipinski definition) is 4. The van der Waals surface area contributed by atoms with Crippen molar-refractivity contribution in [2.45, 2.75) is 50.6 Å². The van der Waals surface area contributed by atoms with Crippen molar-refractivity contribution in [1.29, 1.82) is 0 Å². The first-order chi connectivity index (χ1) is 9.28. The molecule has 1 unspecified atom stereocenters. The summed E-state index contributed by atoms with van der Waals surface area (Å²) in [6.07, 6.45) is 3.44. The number of halogens is 1. The molecule has 1 aromatic rings. The Bertz CT molecular complexity index is 537. The highest BCUT2D eigenvalue weighted by Gasteiger charge is 2.52. The quantitative estimate of drug-likeness (QED) is 0.519. The van der Waals surface area contributed by atoms with Gasteiger partial charge in [0.15, 0.2) is 0 Å². The van der Waals surface area contributed by atoms with Gasteiger partial charge in [-0.1, -0.05) is 12.1 Å². The first kappa shape index (κ1) is 15.4. The van der Waals surface area contributed by atoms with Gasteiger partial charge in [0, 0.05) is 17.8 Å². The second-order valence-electron chi connectivity index (χ2n) is 6.18. The van der Waals surface area contributed by atoms with Crippen LogP contribution in [-0.2, 0) is 9.31 Å². The minimum atomic E-state index is -0.263. The zero-order valence-electron chi connectivity index (χ0n) is 12.1. The van der Waals surface area contributed by atoms with E-state index in [1.807, 2.05) is 23.1 Å². The molecule has 2 nitrogen and oxygen atoms in total. The van der Waals surface area contributed by atoms with Crippen LogP contribution in [0.2, 0.25) is 0 Å². The van der Waals surface area contributed by atoms with E-state index in [0.717, 1.165) is 6.42 Å². The fourth-order valence-corrected chi connectivity index (χ4v) is 5.51. The fourth-order valence-electron chi connectivity index (χ4n) is 2.23. The van der Waals surface area contributed by atoms with Gasteiger partial charge >= 0.3 is 7.12 Å². The van der Waals surface area contributed by atoms with Crippen LogP contribution in [0.5, 0.6) is 0 Å². The molecule has 0 N–H and O–H groups in total. The molecule has 1 saturated heterocycles. The summed E-state index contributed by atoms with van der Waals surface area (Å²) in [5, 5.41) is 0.572. The van der Waals surface area contributed by atoms with E-state index in [1.165, 1.54) is 12.6 Å². The van der Waals surface area contributed by atoms with Crippen LogP contribution in [-0.4, -0.2) is 18.3 Å². The molecule has 6 heteroatoms. The Hall–Kier alpha value is 0.505. The Kier molecular flexibility index (Phi) is 4.08. The van der Waals surface area contributed by atoms with Crippen LogP contribution >= 0.6 is 45.7 Å². The number of rotatable bonds is 2. The first-order valence-electron chi connectivity index (χ1n) is 6.76. The topological polar surface area (TPSA) is 18.5 Å². The van der Waals surface area contributed by atoms with E-state index in [4.69, 9.17) is 9.31 Å². The van der Waals surface area contributed by atoms with Crippen molar-refractivity contribution in [3.63, 3.8) is 0 Å². The average molecular weight is 420 g/mol. The lowest BCUT2D eigenvalue weighted by Gasteiger charge is -2.32. The second kappa shape index (κ2) is 5.30. The number of thiophene rings is 1. The maximum atomic E-state index is 6.11. The van der Waals surface area contributed by atoms with Crippen LogP contribution in [0.25, 0.3) is 0 Å². The molecule has 3 rings (SSSR count). The number of hydrogen-bond donors (Lipinski definition) is 0. The van der Waals surface area contributed by atoms with Gasteiger partial charge in [0.25, 0.3) is 0 Å². The van der Waals surface area contributed by atoms with E-state index in [0.29, 0.717) is 5.25 Å². The van der Waals surface area contributed by atoms with E-state index in [-0.39, 0.29) is 18.3 Å². The second-order valence-corrected chi connectivity index (χ2v) is 10.5. The molecule has 108 valence electrons. The van der Waals surface area contributed by atoms with Crippen molar-refractivity contribution < 1.29 is 9.31 Å². The van der Waals surface area contributed by atoms with E-state index >= 15 is 0 Å². The SMILES string of the molecule is CC1(C)OB(c2ccc(C3CC=C(I)S3)s2)OC1(C)C. The first-order valence-corrected chi connectivity index (χ1v) is 9.53. The van der Waals surface area contributed by atoms with Crippen LogP contribution in [0.4, 0.5) is 0 Å². The monoisotopic (exact) mass is 420 g/mol. The van der Waals surface area contributed by atoms with Crippen LogP contribution in [0.15, 0.2) is 21.1 Å². The Morgan fingerprint density at radius 3 is 2.40 bits per heavy atom. The van der Waals surface area contributed by atoms with E-state index in [1.54, 1.807) is 0 Å². The van der Waals surface area contributed by atoms with Crippen molar-refractivity contribution in [3.8, 4) is 0 Å². The summed E-state index contributed by atoms with van der Waals surface area (Å²) >= 11 is 6.18. The van der Waals surface area contributed by atoms with Crippen molar-refractivity contribution in [2.75, 3.05) is 0 Å². The molecular formula is C14H18BIO2S2. The Balaban J connectivity index is 1.75. The molecule has 1 fully saturated rings. The Labute approximate surface area is 143 Å². The fraction of sp³-hybridized carbons (Fsp3) is 0.571. The minimum Gasteiger partial charge on any atom is -0.399 e. The predicted molar refractivity (Wildman–Crippen MR) is 97.1 cm³/mol. The van der Waals surface area contributed by atoms with E-state index in [2.05, 4.69) is 68.5 Å². The van der Waals surface area contributed by atoms with Gasteiger partial charge in [-0.05, 0) is 62.8 Å². The summed E-state index contributed by atoms with van der Waals surface area (Å²) in [7, 11) is -0.225. The van der Waals surface area contributed by atoms with Crippen LogP contribution < -0.4 is 4.78 Å². The van der Waals surface area contributed by atoms with Gasteiger partial charge in [-0.15, -0.1) is 23.1 Å². The van der Waals surface area contributed by atoms with Crippen molar-refractivity contribution in [3.05, 3.63) is 26.0 Å². The van der Waals surface area contributed by atoms with E-state index < -0.39 is 0 Å². The lowest BCUT2D eigenvalue weighted by molar-refractivity contribution is 0.00578. The molecule has 3 heterocycles. The highest BCUT2D eigenvalue weighted by atomic mass is 127. The Morgan fingerprint density at radius 1 is 1.20 bits per heavy atom. The maximum Gasteiger partial charge on any atom is 0.505 e. The van der Waals surface area contributed by atoms with Gasteiger partial charge in [-0.25, -0.2) is 0 Å². The van der Waals surface area contributed by atoms with Gasteiger partial charge in [0.1, 0.15) is 0 Å². The van der Waals surface area contributed by atoms with Crippen molar-refractivity contribution in [2.24, 2.45) is 0 Å². The smallest absolute Gasteiger partial charge is 0.399 e. The third-order valence-corrected chi connectivity index (χ3v) is 7.89. The lowest BCUT2D eigenvalue weighted by atomic mass is 9.88. The average Bonchev–Trinajstić information content (AvgIpc) is 2.98. The molecule has 0 spiro atoms. The summed E-state index contributed by atoms with van der Waals surface area (Å²) in [6, 6.07) is 4.39. The van der Waals surface area contributed by atoms with Gasteiger partial charge in [-0.3, -0.25) is 0 Å². The molecule has 0 amide bonds. The van der Waals surface area contributed by atoms with E-state index in [9.17, 15) is 0 Å². The molecular weight excluding hydrogens is 402 g/mol. The highest BCUT2D eigenvalue weighted by molar-refractivity contribution is 14.1. The lowest BCUT2D eigenvalue weighted by Crippen LogP contribution is -2.41. The number of thioether (sulfide) groups is 1. The minimum absolute atomic E-state index is 0.225. The molecule has 0 bridgehead atoms. The maximum absolute atomic E-state index is 6.11. The molecule has 20 heavy (non-hydrogen) atoms. The van der Waals surface area contributed by atoms with Crippen LogP contribution in [0.3, 0.4) is 0 Å². The molecule has 1 atom stereocenters. The largest absolute Gasteiger partial charge is 0.505 e. The summed E-state index contributed by atoms with van der Waals surface area (Å²) < 4.78 is 14.8. The van der Waals surface area contributed by atoms with Gasteiger partial charge in [-0.2, -0.15) is 0 Å². The molecule has 0 aliphatic carbocycles. The third-order valence-electron chi connectivity index (χ3n) is 4.20. The molecule has 0 radical (unpaired) electrons. The summed E-state index contributed by atoms with van der Waals surface area (Å²) in [6.45, 7) is 8.39. The summed E-state index contributed by atoms with van der Waals surface area (Å²) in [5.41, 5.74) is -0.526. The number of allylic oxidation sites excluding steroid dienone is 1. The van der Waals surface area contributed by atoms with Gasteiger partial charge < -0.3 is 9.31 Å².